The number of carboxylic acids is 1. The number of benzene rings is 2. The summed E-state index contributed by atoms with van der Waals surface area (Å²) in [5.74, 6) is -2.50. The van der Waals surface area contributed by atoms with Crippen molar-refractivity contribution >= 4 is 5.97 Å². The Morgan fingerprint density at radius 1 is 0.941 bits per heavy atom. The summed E-state index contributed by atoms with van der Waals surface area (Å²) in [5.41, 5.74) is 0.768. The van der Waals surface area contributed by atoms with Crippen molar-refractivity contribution in [2.24, 2.45) is 0 Å². The molecule has 0 atom stereocenters. The van der Waals surface area contributed by atoms with Crippen LogP contribution >= 0.6 is 0 Å². The number of carboxylic acid groups (broad SMARTS) is 1. The van der Waals surface area contributed by atoms with E-state index in [2.05, 4.69) is 0 Å². The van der Waals surface area contributed by atoms with Gasteiger partial charge in [-0.3, -0.25) is 0 Å². The van der Waals surface area contributed by atoms with Crippen molar-refractivity contribution in [3.8, 4) is 11.1 Å². The Hall–Kier alpha value is -2.23. The molecule has 0 bridgehead atoms. The number of hydrogen-bond acceptors (Lipinski definition) is 1. The van der Waals surface area contributed by atoms with Crippen LogP contribution in [0.4, 0.5) is 8.78 Å². The molecule has 0 radical (unpaired) electrons. The highest BCUT2D eigenvalue weighted by Gasteiger charge is 2.11. The molecule has 1 N–H and O–H groups in total. The highest BCUT2D eigenvalue weighted by Crippen LogP contribution is 2.22. The van der Waals surface area contributed by atoms with E-state index in [-0.39, 0.29) is 5.82 Å². The van der Waals surface area contributed by atoms with E-state index in [1.807, 2.05) is 0 Å². The Labute approximate surface area is 96.1 Å². The van der Waals surface area contributed by atoms with E-state index >= 15 is 0 Å². The number of halogens is 2. The first-order chi connectivity index (χ1) is 8.08. The Kier molecular flexibility index (Phi) is 2.87. The molecule has 0 spiro atoms. The fraction of sp³-hybridized carbons (Fsp3) is 0. The molecular weight excluding hydrogens is 226 g/mol. The Bertz CT molecular complexity index is 562. The van der Waals surface area contributed by atoms with Gasteiger partial charge in [0.2, 0.25) is 0 Å². The van der Waals surface area contributed by atoms with Gasteiger partial charge < -0.3 is 5.11 Å². The van der Waals surface area contributed by atoms with Crippen molar-refractivity contribution < 1.29 is 18.7 Å². The highest BCUT2D eigenvalue weighted by molar-refractivity contribution is 5.89. The number of rotatable bonds is 2. The maximum absolute atomic E-state index is 13.2. The average Bonchev–Trinajstić information content (AvgIpc) is 2.30. The number of aromatic carboxylic acids is 1. The van der Waals surface area contributed by atoms with E-state index in [0.29, 0.717) is 11.1 Å². The lowest BCUT2D eigenvalue weighted by atomic mass is 10.0. The van der Waals surface area contributed by atoms with Crippen LogP contribution in [0, 0.1) is 11.6 Å². The smallest absolute Gasteiger partial charge is 0.338 e. The summed E-state index contributed by atoms with van der Waals surface area (Å²) < 4.78 is 25.9. The lowest BCUT2D eigenvalue weighted by molar-refractivity contribution is 0.0692. The van der Waals surface area contributed by atoms with Gasteiger partial charge in [-0.2, -0.15) is 0 Å². The molecule has 0 aliphatic rings. The van der Waals surface area contributed by atoms with Gasteiger partial charge in [-0.1, -0.05) is 18.2 Å². The normalized spacial score (nSPS) is 10.2. The predicted octanol–water partition coefficient (Wildman–Crippen LogP) is 3.33. The molecule has 17 heavy (non-hydrogen) atoms. The molecular formula is C13H8F2O2. The van der Waals surface area contributed by atoms with Gasteiger partial charge in [-0.25, -0.2) is 13.6 Å². The van der Waals surface area contributed by atoms with Crippen molar-refractivity contribution in [2.75, 3.05) is 0 Å². The maximum atomic E-state index is 13.2. The summed E-state index contributed by atoms with van der Waals surface area (Å²) in [5, 5.41) is 8.78. The molecule has 0 unspecified atom stereocenters. The van der Waals surface area contributed by atoms with E-state index < -0.39 is 17.3 Å². The van der Waals surface area contributed by atoms with Crippen LogP contribution in [0.1, 0.15) is 10.4 Å². The average molecular weight is 234 g/mol. The second kappa shape index (κ2) is 4.33. The molecule has 0 aliphatic heterocycles. The van der Waals surface area contributed by atoms with Crippen LogP contribution in [0.25, 0.3) is 11.1 Å². The van der Waals surface area contributed by atoms with Gasteiger partial charge in [0.25, 0.3) is 0 Å². The predicted molar refractivity (Wildman–Crippen MR) is 58.8 cm³/mol. The Morgan fingerprint density at radius 3 is 2.12 bits per heavy atom. The van der Waals surface area contributed by atoms with Gasteiger partial charge in [0.15, 0.2) is 0 Å². The molecule has 0 amide bonds. The second-order valence-corrected chi connectivity index (χ2v) is 3.51. The second-order valence-electron chi connectivity index (χ2n) is 3.51. The van der Waals surface area contributed by atoms with Crippen molar-refractivity contribution in [3.63, 3.8) is 0 Å². The lowest BCUT2D eigenvalue weighted by Gasteiger charge is -2.04. The van der Waals surface area contributed by atoms with Crippen molar-refractivity contribution in [1.82, 2.24) is 0 Å². The molecule has 2 aromatic rings. The molecule has 0 fully saturated rings. The fourth-order valence-electron chi connectivity index (χ4n) is 1.51. The van der Waals surface area contributed by atoms with Crippen LogP contribution in [0.3, 0.4) is 0 Å². The van der Waals surface area contributed by atoms with Gasteiger partial charge in [-0.15, -0.1) is 0 Å². The Balaban J connectivity index is 2.50. The van der Waals surface area contributed by atoms with Gasteiger partial charge in [0.05, 0.1) is 5.56 Å². The zero-order valence-electron chi connectivity index (χ0n) is 8.65. The molecule has 2 rings (SSSR count). The summed E-state index contributed by atoms with van der Waals surface area (Å²) in [6.07, 6.45) is 0. The Morgan fingerprint density at radius 2 is 1.53 bits per heavy atom. The molecule has 0 saturated carbocycles. The topological polar surface area (TPSA) is 37.3 Å². The first-order valence-electron chi connectivity index (χ1n) is 4.87. The molecule has 0 aromatic heterocycles. The maximum Gasteiger partial charge on any atom is 0.338 e. The molecule has 4 heteroatoms. The van der Waals surface area contributed by atoms with E-state index in [9.17, 15) is 13.6 Å². The minimum Gasteiger partial charge on any atom is -0.478 e. The van der Waals surface area contributed by atoms with Crippen LogP contribution < -0.4 is 0 Å². The number of carbonyl (C=O) groups is 1. The molecule has 0 heterocycles. The van der Waals surface area contributed by atoms with Crippen LogP contribution in [0.5, 0.6) is 0 Å². The van der Waals surface area contributed by atoms with Crippen molar-refractivity contribution in [3.05, 3.63) is 59.7 Å². The van der Waals surface area contributed by atoms with E-state index in [1.165, 1.54) is 36.4 Å². The summed E-state index contributed by atoms with van der Waals surface area (Å²) in [4.78, 5) is 10.8. The minimum absolute atomic E-state index is 0.380. The van der Waals surface area contributed by atoms with E-state index in [1.54, 1.807) is 0 Å². The largest absolute Gasteiger partial charge is 0.478 e. The third-order valence-electron chi connectivity index (χ3n) is 2.37. The summed E-state index contributed by atoms with van der Waals surface area (Å²) in [6.45, 7) is 0. The number of hydrogen-bond donors (Lipinski definition) is 1. The molecule has 2 nitrogen and oxygen atoms in total. The lowest BCUT2D eigenvalue weighted by Crippen LogP contribution is -2.00. The van der Waals surface area contributed by atoms with Gasteiger partial charge >= 0.3 is 5.97 Å². The van der Waals surface area contributed by atoms with Crippen LogP contribution in [-0.2, 0) is 0 Å². The summed E-state index contributed by atoms with van der Waals surface area (Å²) >= 11 is 0. The third kappa shape index (κ3) is 2.30. The van der Waals surface area contributed by atoms with Gasteiger partial charge in [-0.05, 0) is 35.4 Å². The first kappa shape index (κ1) is 11.3. The molecule has 0 saturated heterocycles. The molecule has 0 aliphatic carbocycles. The van der Waals surface area contributed by atoms with Crippen LogP contribution in [0.15, 0.2) is 42.5 Å². The zero-order chi connectivity index (χ0) is 12.4. The standard InChI is InChI=1S/C13H8F2O2/c14-10-4-1-8(2-5-10)9-3-6-12(15)11(7-9)13(16)17/h1-7H,(H,16,17). The SMILES string of the molecule is O=C(O)c1cc(-c2ccc(F)cc2)ccc1F. The van der Waals surface area contributed by atoms with Gasteiger partial charge in [0, 0.05) is 0 Å². The minimum atomic E-state index is -1.33. The van der Waals surface area contributed by atoms with E-state index in [0.717, 1.165) is 6.07 Å². The molecule has 86 valence electrons. The van der Waals surface area contributed by atoms with Gasteiger partial charge in [0.1, 0.15) is 11.6 Å². The van der Waals surface area contributed by atoms with Crippen LogP contribution in [-0.4, -0.2) is 11.1 Å². The fourth-order valence-corrected chi connectivity index (χ4v) is 1.51. The van der Waals surface area contributed by atoms with Crippen molar-refractivity contribution in [1.29, 1.82) is 0 Å². The molecule has 2 aromatic carbocycles. The summed E-state index contributed by atoms with van der Waals surface area (Å²) in [6, 6.07) is 9.31. The van der Waals surface area contributed by atoms with Crippen molar-refractivity contribution in [2.45, 2.75) is 0 Å². The van der Waals surface area contributed by atoms with Crippen LogP contribution in [0.2, 0.25) is 0 Å². The highest BCUT2D eigenvalue weighted by atomic mass is 19.1. The quantitative estimate of drug-likeness (QED) is 0.865. The first-order valence-corrected chi connectivity index (χ1v) is 4.87. The summed E-state index contributed by atoms with van der Waals surface area (Å²) in [7, 11) is 0. The monoisotopic (exact) mass is 234 g/mol. The van der Waals surface area contributed by atoms with E-state index in [4.69, 9.17) is 5.11 Å². The zero-order valence-corrected chi connectivity index (χ0v) is 8.65. The third-order valence-corrected chi connectivity index (χ3v) is 2.37.